The summed E-state index contributed by atoms with van der Waals surface area (Å²) in [6.07, 6.45) is 4.34. The number of carbonyl (C=O) groups is 1. The third kappa shape index (κ3) is 3.96. The highest BCUT2D eigenvalue weighted by molar-refractivity contribution is 5.76. The molecule has 1 atom stereocenters. The van der Waals surface area contributed by atoms with E-state index in [-0.39, 0.29) is 5.91 Å². The van der Waals surface area contributed by atoms with E-state index >= 15 is 0 Å². The summed E-state index contributed by atoms with van der Waals surface area (Å²) in [5.41, 5.74) is 0. The Morgan fingerprint density at radius 1 is 1.41 bits per heavy atom. The number of likely N-dealkylation sites (N-methyl/N-ethyl adjacent to an activating group) is 1. The molecule has 0 aliphatic carbocycles. The molecule has 0 aromatic heterocycles. The fourth-order valence-electron chi connectivity index (χ4n) is 2.57. The maximum absolute atomic E-state index is 12.0. The zero-order valence-electron chi connectivity index (χ0n) is 10.9. The Labute approximate surface area is 104 Å². The van der Waals surface area contributed by atoms with Gasteiger partial charge in [0.2, 0.25) is 5.91 Å². The number of likely N-dealkylation sites (tertiary alicyclic amines) is 1. The Bertz CT molecular complexity index is 246. The number of hydrogen-bond donors (Lipinski definition) is 0. The van der Waals surface area contributed by atoms with Crippen molar-refractivity contribution in [3.05, 3.63) is 0 Å². The van der Waals surface area contributed by atoms with E-state index in [9.17, 15) is 4.79 Å². The van der Waals surface area contributed by atoms with E-state index in [0.29, 0.717) is 12.3 Å². The fourth-order valence-corrected chi connectivity index (χ4v) is 2.57. The summed E-state index contributed by atoms with van der Waals surface area (Å²) in [4.78, 5) is 16.3. The van der Waals surface area contributed by atoms with Crippen LogP contribution in [-0.2, 0) is 9.53 Å². The van der Waals surface area contributed by atoms with Crippen LogP contribution < -0.4 is 0 Å². The van der Waals surface area contributed by atoms with E-state index in [1.807, 2.05) is 11.9 Å². The summed E-state index contributed by atoms with van der Waals surface area (Å²) in [5.74, 6) is 0.733. The summed E-state index contributed by atoms with van der Waals surface area (Å²) < 4.78 is 5.30. The number of rotatable bonds is 5. The van der Waals surface area contributed by atoms with Gasteiger partial charge in [0.1, 0.15) is 0 Å². The maximum Gasteiger partial charge on any atom is 0.222 e. The van der Waals surface area contributed by atoms with Crippen molar-refractivity contribution < 1.29 is 9.53 Å². The molecule has 0 bridgehead atoms. The van der Waals surface area contributed by atoms with Crippen LogP contribution in [0.4, 0.5) is 0 Å². The van der Waals surface area contributed by atoms with Gasteiger partial charge in [-0.15, -0.1) is 0 Å². The second-order valence-corrected chi connectivity index (χ2v) is 5.30. The molecule has 2 saturated heterocycles. The van der Waals surface area contributed by atoms with Gasteiger partial charge in [-0.25, -0.2) is 0 Å². The monoisotopic (exact) mass is 240 g/mol. The van der Waals surface area contributed by atoms with Crippen molar-refractivity contribution in [3.63, 3.8) is 0 Å². The average Bonchev–Trinajstić information content (AvgIpc) is 2.98. The molecule has 2 heterocycles. The second-order valence-electron chi connectivity index (χ2n) is 5.30. The number of carbonyl (C=O) groups excluding carboxylic acids is 1. The van der Waals surface area contributed by atoms with Crippen molar-refractivity contribution >= 4 is 5.91 Å². The minimum atomic E-state index is 0.277. The smallest absolute Gasteiger partial charge is 0.222 e. The van der Waals surface area contributed by atoms with Crippen LogP contribution in [0.15, 0.2) is 0 Å². The van der Waals surface area contributed by atoms with Gasteiger partial charge in [0.15, 0.2) is 0 Å². The summed E-state index contributed by atoms with van der Waals surface area (Å²) in [7, 11) is 1.92. The normalized spacial score (nSPS) is 25.4. The molecule has 0 radical (unpaired) electrons. The van der Waals surface area contributed by atoms with Crippen LogP contribution in [0.2, 0.25) is 0 Å². The first-order valence-corrected chi connectivity index (χ1v) is 6.80. The average molecular weight is 240 g/mol. The molecule has 0 aromatic rings. The quantitative estimate of drug-likeness (QED) is 0.718. The van der Waals surface area contributed by atoms with Crippen molar-refractivity contribution in [2.45, 2.75) is 25.7 Å². The molecular formula is C13H24N2O2. The van der Waals surface area contributed by atoms with Crippen molar-refractivity contribution in [1.29, 1.82) is 0 Å². The lowest BCUT2D eigenvalue weighted by molar-refractivity contribution is -0.131. The summed E-state index contributed by atoms with van der Waals surface area (Å²) in [6.45, 7) is 5.91. The highest BCUT2D eigenvalue weighted by Gasteiger charge is 2.21. The standard InChI is InChI=1S/C13H24N2O2/c1-14(7-8-15-5-2-3-6-15)13(16)10-12-4-9-17-11-12/h12H,2-11H2,1H3/t12-/m1/s1. The zero-order valence-corrected chi connectivity index (χ0v) is 10.9. The minimum Gasteiger partial charge on any atom is -0.381 e. The molecule has 2 aliphatic heterocycles. The summed E-state index contributed by atoms with van der Waals surface area (Å²) in [5, 5.41) is 0. The molecular weight excluding hydrogens is 216 g/mol. The van der Waals surface area contributed by atoms with Crippen LogP contribution in [0.3, 0.4) is 0 Å². The fraction of sp³-hybridized carbons (Fsp3) is 0.923. The molecule has 0 N–H and O–H groups in total. The van der Waals surface area contributed by atoms with Gasteiger partial charge in [-0.2, -0.15) is 0 Å². The van der Waals surface area contributed by atoms with Gasteiger partial charge in [-0.05, 0) is 38.3 Å². The number of amides is 1. The molecule has 2 rings (SSSR count). The predicted octanol–water partition coefficient (Wildman–Crippen LogP) is 0.967. The van der Waals surface area contributed by atoms with Crippen molar-refractivity contribution in [3.8, 4) is 0 Å². The Kier molecular flexibility index (Phi) is 4.80. The van der Waals surface area contributed by atoms with Crippen LogP contribution in [0.25, 0.3) is 0 Å². The van der Waals surface area contributed by atoms with Crippen molar-refractivity contribution in [1.82, 2.24) is 9.80 Å². The molecule has 0 spiro atoms. The minimum absolute atomic E-state index is 0.277. The maximum atomic E-state index is 12.0. The molecule has 17 heavy (non-hydrogen) atoms. The molecule has 2 fully saturated rings. The van der Waals surface area contributed by atoms with E-state index in [1.54, 1.807) is 0 Å². The summed E-state index contributed by atoms with van der Waals surface area (Å²) in [6, 6.07) is 0. The topological polar surface area (TPSA) is 32.8 Å². The molecule has 98 valence electrons. The highest BCUT2D eigenvalue weighted by atomic mass is 16.5. The largest absolute Gasteiger partial charge is 0.381 e. The highest BCUT2D eigenvalue weighted by Crippen LogP contribution is 2.17. The van der Waals surface area contributed by atoms with Crippen LogP contribution in [0.1, 0.15) is 25.7 Å². The first-order valence-electron chi connectivity index (χ1n) is 6.80. The van der Waals surface area contributed by atoms with Gasteiger partial charge in [0.05, 0.1) is 0 Å². The SMILES string of the molecule is CN(CCN1CCCC1)C(=O)C[C@H]1CCOC1. The number of nitrogens with zero attached hydrogens (tertiary/aromatic N) is 2. The van der Waals surface area contributed by atoms with E-state index in [4.69, 9.17) is 4.74 Å². The molecule has 1 amide bonds. The van der Waals surface area contributed by atoms with Crippen molar-refractivity contribution in [2.24, 2.45) is 5.92 Å². The second kappa shape index (κ2) is 6.36. The Balaban J connectivity index is 1.63. The Morgan fingerprint density at radius 3 is 2.82 bits per heavy atom. The van der Waals surface area contributed by atoms with Gasteiger partial charge in [-0.1, -0.05) is 0 Å². The first kappa shape index (κ1) is 12.8. The molecule has 0 unspecified atom stereocenters. The van der Waals surface area contributed by atoms with Gasteiger partial charge in [0.25, 0.3) is 0 Å². The van der Waals surface area contributed by atoms with Crippen molar-refractivity contribution in [2.75, 3.05) is 46.4 Å². The lowest BCUT2D eigenvalue weighted by Gasteiger charge is -2.22. The van der Waals surface area contributed by atoms with E-state index in [1.165, 1.54) is 25.9 Å². The van der Waals surface area contributed by atoms with Gasteiger partial charge in [0, 0.05) is 39.8 Å². The third-order valence-corrected chi connectivity index (χ3v) is 3.86. The van der Waals surface area contributed by atoms with Crippen LogP contribution in [0.5, 0.6) is 0 Å². The molecule has 0 aromatic carbocycles. The molecule has 2 aliphatic rings. The van der Waals surface area contributed by atoms with E-state index in [0.717, 1.165) is 32.7 Å². The Morgan fingerprint density at radius 2 is 2.18 bits per heavy atom. The lowest BCUT2D eigenvalue weighted by atomic mass is 10.0. The Hall–Kier alpha value is -0.610. The number of ether oxygens (including phenoxy) is 1. The van der Waals surface area contributed by atoms with E-state index in [2.05, 4.69) is 4.90 Å². The van der Waals surface area contributed by atoms with Crippen LogP contribution in [0, 0.1) is 5.92 Å². The van der Waals surface area contributed by atoms with Gasteiger partial charge < -0.3 is 14.5 Å². The molecule has 0 saturated carbocycles. The number of hydrogen-bond acceptors (Lipinski definition) is 3. The van der Waals surface area contributed by atoms with E-state index < -0.39 is 0 Å². The van der Waals surface area contributed by atoms with Gasteiger partial charge in [-0.3, -0.25) is 4.79 Å². The summed E-state index contributed by atoms with van der Waals surface area (Å²) >= 11 is 0. The van der Waals surface area contributed by atoms with Gasteiger partial charge >= 0.3 is 0 Å². The zero-order chi connectivity index (χ0) is 12.1. The molecule has 4 heteroatoms. The first-order chi connectivity index (χ1) is 8.25. The van der Waals surface area contributed by atoms with Crippen LogP contribution >= 0.6 is 0 Å². The third-order valence-electron chi connectivity index (χ3n) is 3.86. The van der Waals surface area contributed by atoms with Crippen LogP contribution in [-0.4, -0.2) is 62.1 Å². The molecule has 4 nitrogen and oxygen atoms in total. The predicted molar refractivity (Wildman–Crippen MR) is 66.9 cm³/mol. The lowest BCUT2D eigenvalue weighted by Crippen LogP contribution is -2.36.